The van der Waals surface area contributed by atoms with E-state index in [-0.39, 0.29) is 0 Å². The van der Waals surface area contributed by atoms with Crippen molar-refractivity contribution in [3.63, 3.8) is 0 Å². The smallest absolute Gasteiger partial charge is 0.352 e. The van der Waals surface area contributed by atoms with Gasteiger partial charge in [0.2, 0.25) is 5.60 Å². The second-order valence-corrected chi connectivity index (χ2v) is 5.82. The summed E-state index contributed by atoms with van der Waals surface area (Å²) in [5, 5.41) is 36.1. The van der Waals surface area contributed by atoms with Crippen molar-refractivity contribution < 1.29 is 68.7 Å². The van der Waals surface area contributed by atoms with Crippen molar-refractivity contribution >= 4 is 0 Å². The number of alkyl halides is 11. The Morgan fingerprint density at radius 1 is 0.640 bits per heavy atom. The van der Waals surface area contributed by atoms with Crippen LogP contribution in [0.4, 0.5) is 48.3 Å². The number of fused-ring (bicyclic) bond motifs is 2. The first kappa shape index (κ1) is 20.4. The topological polar surface area (TPSA) is 80.9 Å². The van der Waals surface area contributed by atoms with Gasteiger partial charge < -0.3 is 20.4 Å². The van der Waals surface area contributed by atoms with Crippen LogP contribution < -0.4 is 0 Å². The van der Waals surface area contributed by atoms with Crippen LogP contribution in [0.3, 0.4) is 0 Å². The van der Waals surface area contributed by atoms with Gasteiger partial charge in [0.05, 0.1) is 0 Å². The molecule has 0 saturated heterocycles. The van der Waals surface area contributed by atoms with E-state index < -0.39 is 59.2 Å². The van der Waals surface area contributed by atoms with E-state index in [9.17, 15) is 53.4 Å². The van der Waals surface area contributed by atoms with Gasteiger partial charge in [-0.3, -0.25) is 0 Å². The van der Waals surface area contributed by atoms with Crippen LogP contribution in [0.25, 0.3) is 0 Å². The maximum atomic E-state index is 14.0. The Hall–Kier alpha value is -0.930. The first-order valence-electron chi connectivity index (χ1n) is 6.01. The SMILES string of the molecule is OC1(CF)C(F)C2(O)C(F)(F)C(O)(F)C(F)(F)C(O)(C1(F)F)C2(F)F. The highest BCUT2D eigenvalue weighted by Gasteiger charge is 3.07. The predicted octanol–water partition coefficient (Wildman–Crippen LogP) is 0.714. The third-order valence-corrected chi connectivity index (χ3v) is 4.69. The quantitative estimate of drug-likeness (QED) is 0.489. The zero-order valence-corrected chi connectivity index (χ0v) is 11.2. The summed E-state index contributed by atoms with van der Waals surface area (Å²) in [6.45, 7) is -3.33. The van der Waals surface area contributed by atoms with E-state index in [1.165, 1.54) is 0 Å². The van der Waals surface area contributed by atoms with Crippen molar-refractivity contribution in [3.05, 3.63) is 0 Å². The maximum Gasteiger partial charge on any atom is 0.352 e. The third kappa shape index (κ3) is 1.38. The Bertz CT molecular complexity index is 600. The van der Waals surface area contributed by atoms with E-state index in [2.05, 4.69) is 0 Å². The van der Waals surface area contributed by atoms with Gasteiger partial charge in [-0.05, 0) is 0 Å². The molecule has 0 radical (unpaired) electrons. The summed E-state index contributed by atoms with van der Waals surface area (Å²) >= 11 is 0. The third-order valence-electron chi connectivity index (χ3n) is 4.69. The highest BCUT2D eigenvalue weighted by atomic mass is 19.3. The molecule has 4 nitrogen and oxygen atoms in total. The summed E-state index contributed by atoms with van der Waals surface area (Å²) in [6, 6.07) is 0. The van der Waals surface area contributed by atoms with E-state index in [0.717, 1.165) is 0 Å². The second kappa shape index (κ2) is 4.31. The van der Waals surface area contributed by atoms with Gasteiger partial charge in [0.25, 0.3) is 5.60 Å². The van der Waals surface area contributed by atoms with Gasteiger partial charge in [0.1, 0.15) is 6.67 Å². The molecule has 148 valence electrons. The molecule has 0 aromatic heterocycles. The standard InChI is InChI=1S/C10H7F11O4/c11-1-3(22)2(12)4(23)7(15,16)5(24,6(3,13)14)9(19,20)10(21,25)8(4,17)18/h2,22-25H,1H2. The first-order chi connectivity index (χ1) is 10.7. The Morgan fingerprint density at radius 3 is 1.40 bits per heavy atom. The first-order valence-corrected chi connectivity index (χ1v) is 6.01. The molecule has 2 aliphatic rings. The molecule has 0 aromatic carbocycles. The highest BCUT2D eigenvalue weighted by Crippen LogP contribution is 2.74. The molecule has 5 atom stereocenters. The van der Waals surface area contributed by atoms with Crippen LogP contribution in [-0.2, 0) is 0 Å². The van der Waals surface area contributed by atoms with Crippen LogP contribution in [0.1, 0.15) is 0 Å². The van der Waals surface area contributed by atoms with Gasteiger partial charge in [0, 0.05) is 0 Å². The lowest BCUT2D eigenvalue weighted by Crippen LogP contribution is -3.00. The molecule has 0 heterocycles. The predicted molar refractivity (Wildman–Crippen MR) is 51.6 cm³/mol. The Kier molecular flexibility index (Phi) is 3.51. The molecule has 0 aromatic rings. The summed E-state index contributed by atoms with van der Waals surface area (Å²) in [5.41, 5.74) is -18.8. The normalized spacial score (nSPS) is 52.7. The Morgan fingerprint density at radius 2 is 1.04 bits per heavy atom. The maximum absolute atomic E-state index is 14.0. The van der Waals surface area contributed by atoms with Gasteiger partial charge in [0.15, 0.2) is 11.8 Å². The number of hydrogen-bond acceptors (Lipinski definition) is 4. The Labute approximate surface area is 129 Å². The average Bonchev–Trinajstić information content (AvgIpc) is 2.48. The van der Waals surface area contributed by atoms with Crippen LogP contribution in [-0.4, -0.2) is 79.6 Å². The molecule has 2 fully saturated rings. The second-order valence-electron chi connectivity index (χ2n) is 5.82. The number of hydrogen-bond donors (Lipinski definition) is 4. The van der Waals surface area contributed by atoms with Gasteiger partial charge in [-0.25, -0.2) is 8.78 Å². The molecule has 4 N–H and O–H groups in total. The molecule has 0 aliphatic heterocycles. The van der Waals surface area contributed by atoms with E-state index in [0.29, 0.717) is 0 Å². The van der Waals surface area contributed by atoms with Crippen molar-refractivity contribution in [2.24, 2.45) is 0 Å². The molecular weight excluding hydrogens is 393 g/mol. The largest absolute Gasteiger partial charge is 0.378 e. The summed E-state index contributed by atoms with van der Waals surface area (Å²) in [7, 11) is 0. The van der Waals surface area contributed by atoms with E-state index in [1.54, 1.807) is 0 Å². The van der Waals surface area contributed by atoms with Crippen molar-refractivity contribution in [1.29, 1.82) is 0 Å². The lowest BCUT2D eigenvalue weighted by atomic mass is 9.51. The highest BCUT2D eigenvalue weighted by molar-refractivity contribution is 5.41. The molecule has 25 heavy (non-hydrogen) atoms. The minimum Gasteiger partial charge on any atom is -0.378 e. The fourth-order valence-electron chi connectivity index (χ4n) is 3.04. The lowest BCUT2D eigenvalue weighted by Gasteiger charge is -2.66. The molecule has 2 saturated carbocycles. The van der Waals surface area contributed by atoms with Crippen LogP contribution in [0.15, 0.2) is 0 Å². The van der Waals surface area contributed by atoms with Crippen LogP contribution in [0.2, 0.25) is 0 Å². The van der Waals surface area contributed by atoms with Crippen LogP contribution >= 0.6 is 0 Å². The molecule has 5 unspecified atom stereocenters. The van der Waals surface area contributed by atoms with Gasteiger partial charge >= 0.3 is 29.5 Å². The zero-order valence-electron chi connectivity index (χ0n) is 11.2. The fourth-order valence-corrected chi connectivity index (χ4v) is 3.04. The molecule has 0 spiro atoms. The van der Waals surface area contributed by atoms with E-state index in [1.807, 2.05) is 0 Å². The number of aliphatic hydroxyl groups is 4. The van der Waals surface area contributed by atoms with Crippen molar-refractivity contribution in [2.75, 3.05) is 6.67 Å². The molecular formula is C10H7F11O4. The molecule has 2 bridgehead atoms. The monoisotopic (exact) mass is 400 g/mol. The fraction of sp³-hybridized carbons (Fsp3) is 1.00. The van der Waals surface area contributed by atoms with E-state index >= 15 is 0 Å². The molecule has 2 rings (SSSR count). The summed E-state index contributed by atoms with van der Waals surface area (Å²) < 4.78 is 151. The number of rotatable bonds is 1. The van der Waals surface area contributed by atoms with Gasteiger partial charge in [-0.2, -0.15) is 39.5 Å². The van der Waals surface area contributed by atoms with Crippen molar-refractivity contribution in [3.8, 4) is 0 Å². The van der Waals surface area contributed by atoms with Gasteiger partial charge in [-0.1, -0.05) is 0 Å². The lowest BCUT2D eigenvalue weighted by molar-refractivity contribution is -0.561. The average molecular weight is 400 g/mol. The Balaban J connectivity index is 3.11. The summed E-state index contributed by atoms with van der Waals surface area (Å²) in [5.74, 6) is -34.8. The van der Waals surface area contributed by atoms with Gasteiger partial charge in [-0.15, -0.1) is 0 Å². The molecule has 0 amide bonds. The zero-order chi connectivity index (χ0) is 20.3. The minimum atomic E-state index is -7.23. The minimum absolute atomic E-state index is 3.33. The van der Waals surface area contributed by atoms with Crippen LogP contribution in [0, 0.1) is 0 Å². The molecule has 2 aliphatic carbocycles. The van der Waals surface area contributed by atoms with Crippen molar-refractivity contribution in [2.45, 2.75) is 52.5 Å². The summed E-state index contributed by atoms with van der Waals surface area (Å²) in [6.07, 6.45) is -5.23. The molecule has 15 heteroatoms. The number of halogens is 11. The summed E-state index contributed by atoms with van der Waals surface area (Å²) in [4.78, 5) is 0. The van der Waals surface area contributed by atoms with Crippen LogP contribution in [0.5, 0.6) is 0 Å². The van der Waals surface area contributed by atoms with E-state index in [4.69, 9.17) is 15.3 Å². The van der Waals surface area contributed by atoms with Crippen molar-refractivity contribution in [1.82, 2.24) is 0 Å².